The van der Waals surface area contributed by atoms with Crippen LogP contribution in [-0.4, -0.2) is 9.97 Å². The molecular weight excluding hydrogens is 440 g/mol. The third kappa shape index (κ3) is 3.56. The second-order valence-corrected chi connectivity index (χ2v) is 8.53. The van der Waals surface area contributed by atoms with Crippen LogP contribution >= 0.6 is 11.6 Å². The third-order valence-electron chi connectivity index (χ3n) is 5.72. The molecule has 34 heavy (non-hydrogen) atoms. The van der Waals surface area contributed by atoms with E-state index in [1.165, 1.54) is 0 Å². The molecule has 1 aromatic heterocycles. The lowest BCUT2D eigenvalue weighted by atomic mass is 9.97. The van der Waals surface area contributed by atoms with Crippen molar-refractivity contribution in [3.05, 3.63) is 88.5 Å². The maximum atomic E-state index is 9.65. The van der Waals surface area contributed by atoms with E-state index in [-0.39, 0.29) is 0 Å². The topological polar surface area (TPSA) is 76.3 Å². The molecule has 0 aliphatic heterocycles. The highest BCUT2D eigenvalue weighted by Crippen LogP contribution is 2.38. The summed E-state index contributed by atoms with van der Waals surface area (Å²) in [5.41, 5.74) is 4.82. The predicted octanol–water partition coefficient (Wildman–Crippen LogP) is 7.06. The number of imidazole rings is 1. The van der Waals surface area contributed by atoms with Crippen molar-refractivity contribution < 1.29 is 0 Å². The lowest BCUT2D eigenvalue weighted by Gasteiger charge is -2.08. The first kappa shape index (κ1) is 21.3. The zero-order valence-electron chi connectivity index (χ0n) is 18.3. The second kappa shape index (κ2) is 8.42. The molecule has 0 bridgehead atoms. The molecule has 0 aliphatic carbocycles. The Morgan fingerprint density at radius 2 is 1.68 bits per heavy atom. The number of aromatic amines is 1. The lowest BCUT2D eigenvalue weighted by molar-refractivity contribution is 1.31. The fourth-order valence-corrected chi connectivity index (χ4v) is 4.43. The van der Waals surface area contributed by atoms with Crippen molar-refractivity contribution in [2.45, 2.75) is 13.3 Å². The summed E-state index contributed by atoms with van der Waals surface area (Å²) in [5, 5.41) is 23.9. The third-order valence-corrected chi connectivity index (χ3v) is 5.96. The molecule has 0 atom stereocenters. The smallest absolute Gasteiger partial charge is 0.141 e. The fraction of sp³-hybridized carbons (Fsp3) is 0.0690. The van der Waals surface area contributed by atoms with Gasteiger partial charge in [-0.1, -0.05) is 54.3 Å². The molecular formula is C29H17ClN4. The predicted molar refractivity (Wildman–Crippen MR) is 137 cm³/mol. The van der Waals surface area contributed by atoms with Crippen LogP contribution in [0.1, 0.15) is 23.6 Å². The molecule has 0 unspecified atom stereocenters. The average molecular weight is 457 g/mol. The number of hydrogen-bond acceptors (Lipinski definition) is 3. The SMILES string of the molecule is C=C(C)C#CCc1ccc2c(c1)c1cc(Cl)ccc1c1nc(-c3c(C#N)cccc3C#N)[nH]c21. The Hall–Kier alpha value is -4.56. The minimum Gasteiger partial charge on any atom is -0.337 e. The molecule has 4 nitrogen and oxygen atoms in total. The van der Waals surface area contributed by atoms with Crippen LogP contribution in [0.3, 0.4) is 0 Å². The summed E-state index contributed by atoms with van der Waals surface area (Å²) in [7, 11) is 0. The Morgan fingerprint density at radius 3 is 2.38 bits per heavy atom. The molecule has 0 radical (unpaired) electrons. The molecule has 160 valence electrons. The number of nitrogens with one attached hydrogen (secondary N) is 1. The molecule has 0 spiro atoms. The quantitative estimate of drug-likeness (QED) is 0.228. The number of rotatable bonds is 2. The van der Waals surface area contributed by atoms with Crippen LogP contribution in [0.15, 0.2) is 66.7 Å². The van der Waals surface area contributed by atoms with Crippen LogP contribution in [0.4, 0.5) is 0 Å². The molecule has 1 N–H and O–H groups in total. The van der Waals surface area contributed by atoms with E-state index in [4.69, 9.17) is 16.6 Å². The number of nitriles is 2. The lowest BCUT2D eigenvalue weighted by Crippen LogP contribution is -1.91. The van der Waals surface area contributed by atoms with Gasteiger partial charge in [0.1, 0.15) is 5.82 Å². The number of halogens is 1. The van der Waals surface area contributed by atoms with Gasteiger partial charge < -0.3 is 4.98 Å². The largest absolute Gasteiger partial charge is 0.337 e. The van der Waals surface area contributed by atoms with Gasteiger partial charge in [0.15, 0.2) is 0 Å². The van der Waals surface area contributed by atoms with Gasteiger partial charge in [-0.3, -0.25) is 0 Å². The number of allylic oxidation sites excluding steroid dienone is 1. The van der Waals surface area contributed by atoms with Crippen LogP contribution in [0, 0.1) is 34.5 Å². The Morgan fingerprint density at radius 1 is 0.971 bits per heavy atom. The summed E-state index contributed by atoms with van der Waals surface area (Å²) in [5.74, 6) is 6.67. The Kier molecular flexibility index (Phi) is 5.27. The van der Waals surface area contributed by atoms with E-state index >= 15 is 0 Å². The van der Waals surface area contributed by atoms with E-state index in [0.29, 0.717) is 34.0 Å². The molecule has 0 saturated carbocycles. The minimum atomic E-state index is 0.396. The van der Waals surface area contributed by atoms with Crippen molar-refractivity contribution in [1.29, 1.82) is 10.5 Å². The molecule has 4 aromatic carbocycles. The minimum absolute atomic E-state index is 0.396. The van der Waals surface area contributed by atoms with Gasteiger partial charge in [-0.25, -0.2) is 4.98 Å². The van der Waals surface area contributed by atoms with Crippen LogP contribution in [0.25, 0.3) is 44.0 Å². The maximum Gasteiger partial charge on any atom is 0.141 e. The number of benzene rings is 4. The van der Waals surface area contributed by atoms with Crippen LogP contribution in [0.5, 0.6) is 0 Å². The van der Waals surface area contributed by atoms with E-state index < -0.39 is 0 Å². The highest BCUT2D eigenvalue weighted by molar-refractivity contribution is 6.33. The van der Waals surface area contributed by atoms with E-state index in [9.17, 15) is 10.5 Å². The maximum absolute atomic E-state index is 9.65. The van der Waals surface area contributed by atoms with Gasteiger partial charge in [0.05, 0.1) is 39.9 Å². The average Bonchev–Trinajstić information content (AvgIpc) is 3.28. The zero-order valence-corrected chi connectivity index (χ0v) is 19.1. The molecule has 0 amide bonds. The van der Waals surface area contributed by atoms with Gasteiger partial charge in [0.2, 0.25) is 0 Å². The highest BCUT2D eigenvalue weighted by atomic mass is 35.5. The first-order valence-electron chi connectivity index (χ1n) is 10.6. The van der Waals surface area contributed by atoms with Crippen LogP contribution in [-0.2, 0) is 6.42 Å². The number of H-pyrrole nitrogens is 1. The van der Waals surface area contributed by atoms with Crippen molar-refractivity contribution in [2.24, 2.45) is 0 Å². The second-order valence-electron chi connectivity index (χ2n) is 8.09. The first-order chi connectivity index (χ1) is 16.5. The van der Waals surface area contributed by atoms with E-state index in [1.807, 2.05) is 25.1 Å². The molecule has 5 heteroatoms. The van der Waals surface area contributed by atoms with Gasteiger partial charge in [0.25, 0.3) is 0 Å². The first-order valence-corrected chi connectivity index (χ1v) is 11.0. The summed E-state index contributed by atoms with van der Waals surface area (Å²) < 4.78 is 0. The number of nitrogens with zero attached hydrogens (tertiary/aromatic N) is 3. The molecule has 1 heterocycles. The van der Waals surface area contributed by atoms with Crippen molar-refractivity contribution in [2.75, 3.05) is 0 Å². The van der Waals surface area contributed by atoms with Crippen molar-refractivity contribution in [1.82, 2.24) is 9.97 Å². The molecule has 5 rings (SSSR count). The van der Waals surface area contributed by atoms with E-state index in [1.54, 1.807) is 18.2 Å². The highest BCUT2D eigenvalue weighted by Gasteiger charge is 2.18. The van der Waals surface area contributed by atoms with E-state index in [2.05, 4.69) is 53.7 Å². The van der Waals surface area contributed by atoms with Gasteiger partial charge in [-0.2, -0.15) is 10.5 Å². The van der Waals surface area contributed by atoms with E-state index in [0.717, 1.165) is 43.7 Å². The van der Waals surface area contributed by atoms with Gasteiger partial charge in [-0.05, 0) is 59.2 Å². The summed E-state index contributed by atoms with van der Waals surface area (Å²) in [4.78, 5) is 8.27. The summed E-state index contributed by atoms with van der Waals surface area (Å²) in [6.45, 7) is 5.72. The standard InChI is InChI=1S/C29H17ClN4/c1-17(2)5-3-6-18-9-11-22-24(13-18)25-14-21(30)10-12-23(25)28-27(22)33-29(34-28)26-19(15-31)7-4-8-20(26)16-32/h4,7-14H,1,6H2,2H3,(H,33,34). The normalized spacial score (nSPS) is 10.6. The summed E-state index contributed by atoms with van der Waals surface area (Å²) in [6, 6.07) is 21.4. The summed E-state index contributed by atoms with van der Waals surface area (Å²) >= 11 is 6.38. The molecule has 0 saturated heterocycles. The van der Waals surface area contributed by atoms with Crippen molar-refractivity contribution >= 4 is 44.2 Å². The number of hydrogen-bond donors (Lipinski definition) is 1. The zero-order chi connectivity index (χ0) is 23.8. The Labute approximate surface area is 201 Å². The Balaban J connectivity index is 1.84. The van der Waals surface area contributed by atoms with Gasteiger partial charge in [0, 0.05) is 22.2 Å². The van der Waals surface area contributed by atoms with Gasteiger partial charge in [-0.15, -0.1) is 0 Å². The molecule has 0 fully saturated rings. The number of aromatic nitrogens is 2. The van der Waals surface area contributed by atoms with Crippen molar-refractivity contribution in [3.63, 3.8) is 0 Å². The molecule has 5 aromatic rings. The van der Waals surface area contributed by atoms with Crippen LogP contribution in [0.2, 0.25) is 5.02 Å². The summed E-state index contributed by atoms with van der Waals surface area (Å²) in [6.07, 6.45) is 0.609. The molecule has 0 aliphatic rings. The van der Waals surface area contributed by atoms with Crippen LogP contribution < -0.4 is 0 Å². The Bertz CT molecular complexity index is 1770. The fourth-order valence-electron chi connectivity index (χ4n) is 4.26. The number of fused-ring (bicyclic) bond motifs is 6. The van der Waals surface area contributed by atoms with Crippen molar-refractivity contribution in [3.8, 4) is 35.4 Å². The monoisotopic (exact) mass is 456 g/mol. The van der Waals surface area contributed by atoms with Gasteiger partial charge >= 0.3 is 0 Å².